The molecule has 4 aromatic rings. The highest BCUT2D eigenvalue weighted by atomic mass is 32.1. The lowest BCUT2D eigenvalue weighted by Crippen LogP contribution is -2.07. The predicted octanol–water partition coefficient (Wildman–Crippen LogP) is 6.17. The Kier molecular flexibility index (Phi) is 6.93. The van der Waals surface area contributed by atoms with Gasteiger partial charge in [-0.2, -0.15) is 0 Å². The van der Waals surface area contributed by atoms with Crippen molar-refractivity contribution in [3.63, 3.8) is 0 Å². The number of carbonyl (C=O) groups is 1. The Morgan fingerprint density at radius 2 is 2.09 bits per heavy atom. The second-order valence-corrected chi connectivity index (χ2v) is 9.05. The topological polar surface area (TPSA) is 89.3 Å². The maximum atomic E-state index is 14.1. The van der Waals surface area contributed by atoms with Crippen molar-refractivity contribution in [2.45, 2.75) is 27.2 Å². The van der Waals surface area contributed by atoms with Gasteiger partial charge in [-0.05, 0) is 48.9 Å². The monoisotopic (exact) mass is 480 g/mol. The minimum absolute atomic E-state index is 0.0475. The summed E-state index contributed by atoms with van der Waals surface area (Å²) < 4.78 is 21.2. The molecule has 0 saturated heterocycles. The van der Waals surface area contributed by atoms with Crippen LogP contribution in [-0.4, -0.2) is 32.4 Å². The van der Waals surface area contributed by atoms with Crippen LogP contribution in [0.25, 0.3) is 16.1 Å². The zero-order valence-corrected chi connectivity index (χ0v) is 19.9. The smallest absolute Gasteiger partial charge is 0.339 e. The van der Waals surface area contributed by atoms with Crippen molar-refractivity contribution in [3.05, 3.63) is 71.1 Å². The lowest BCUT2D eigenvalue weighted by Gasteiger charge is -2.11. The van der Waals surface area contributed by atoms with Crippen molar-refractivity contribution in [2.75, 3.05) is 11.9 Å². The fourth-order valence-electron chi connectivity index (χ4n) is 3.58. The van der Waals surface area contributed by atoms with Crippen LogP contribution in [0.3, 0.4) is 0 Å². The maximum absolute atomic E-state index is 14.1. The van der Waals surface area contributed by atoms with E-state index in [0.29, 0.717) is 30.5 Å². The van der Waals surface area contributed by atoms with Gasteiger partial charge in [-0.15, -0.1) is 16.4 Å². The van der Waals surface area contributed by atoms with E-state index >= 15 is 0 Å². The third kappa shape index (κ3) is 5.09. The van der Waals surface area contributed by atoms with Crippen LogP contribution in [-0.2, 0) is 6.42 Å². The minimum atomic E-state index is -1.09. The molecule has 0 fully saturated rings. The number of hydrogen-bond acceptors (Lipinski definition) is 6. The number of ether oxygens (including phenoxy) is 1. The van der Waals surface area contributed by atoms with Crippen LogP contribution < -0.4 is 10.1 Å². The van der Waals surface area contributed by atoms with Crippen molar-refractivity contribution in [2.24, 2.45) is 5.92 Å². The summed E-state index contributed by atoms with van der Waals surface area (Å²) in [7, 11) is 0. The Hall–Kier alpha value is -3.72. The molecule has 0 bridgehead atoms. The lowest BCUT2D eigenvalue weighted by molar-refractivity contribution is 0.0697. The fourth-order valence-corrected chi connectivity index (χ4v) is 4.29. The molecule has 0 aliphatic rings. The van der Waals surface area contributed by atoms with Crippen molar-refractivity contribution in [1.29, 1.82) is 0 Å². The number of aromatic carboxylic acids is 1. The van der Waals surface area contributed by atoms with Gasteiger partial charge in [0.25, 0.3) is 0 Å². The predicted molar refractivity (Wildman–Crippen MR) is 131 cm³/mol. The summed E-state index contributed by atoms with van der Waals surface area (Å²) in [5.41, 5.74) is 2.32. The number of thiophene rings is 1. The molecular formula is C25H25FN4O3S. The van der Waals surface area contributed by atoms with E-state index in [9.17, 15) is 14.3 Å². The summed E-state index contributed by atoms with van der Waals surface area (Å²) in [6, 6.07) is 11.9. The molecule has 0 atom stereocenters. The van der Waals surface area contributed by atoms with Gasteiger partial charge in [-0.3, -0.25) is 0 Å². The van der Waals surface area contributed by atoms with Crippen molar-refractivity contribution >= 4 is 28.9 Å². The molecule has 9 heteroatoms. The number of nitrogens with zero attached hydrogens (tertiary/aromatic N) is 3. The number of aromatic nitrogens is 3. The second-order valence-electron chi connectivity index (χ2n) is 8.11. The molecule has 0 amide bonds. The number of nitrogens with one attached hydrogen (secondary N) is 1. The SMILES string of the molecule is CCOc1cc(-n2nc(Nc3ncc(-c4cccs4)cc3C(=O)O)cc2CC(C)C)ccc1F. The van der Waals surface area contributed by atoms with Crippen LogP contribution >= 0.6 is 11.3 Å². The number of rotatable bonds is 9. The first-order valence-electron chi connectivity index (χ1n) is 10.9. The molecule has 4 rings (SSSR count). The molecule has 0 aliphatic heterocycles. The van der Waals surface area contributed by atoms with Gasteiger partial charge in [0.05, 0.1) is 12.3 Å². The Morgan fingerprint density at radius 3 is 2.76 bits per heavy atom. The van der Waals surface area contributed by atoms with Crippen molar-refractivity contribution in [1.82, 2.24) is 14.8 Å². The molecule has 176 valence electrons. The van der Waals surface area contributed by atoms with Gasteiger partial charge < -0.3 is 15.2 Å². The van der Waals surface area contributed by atoms with Gasteiger partial charge in [0.2, 0.25) is 0 Å². The molecule has 0 radical (unpaired) electrons. The molecule has 0 aliphatic carbocycles. The maximum Gasteiger partial charge on any atom is 0.339 e. The van der Waals surface area contributed by atoms with Gasteiger partial charge in [0.1, 0.15) is 11.4 Å². The van der Waals surface area contributed by atoms with Gasteiger partial charge in [-0.1, -0.05) is 19.9 Å². The van der Waals surface area contributed by atoms with E-state index in [1.807, 2.05) is 23.6 Å². The molecule has 3 heterocycles. The standard InChI is InChI=1S/C25H25FN4O3S/c1-4-33-21-12-17(7-8-20(21)26)30-18(10-15(2)3)13-23(29-30)28-24-19(25(31)32)11-16(14-27-24)22-6-5-9-34-22/h5-9,11-15H,4,10H2,1-3H3,(H,31,32)(H,27,28,29). The molecule has 0 unspecified atom stereocenters. The van der Waals surface area contributed by atoms with Gasteiger partial charge in [0, 0.05) is 34.5 Å². The third-order valence-corrected chi connectivity index (χ3v) is 5.95. The molecule has 0 saturated carbocycles. The zero-order valence-electron chi connectivity index (χ0n) is 19.1. The van der Waals surface area contributed by atoms with Crippen LogP contribution in [0.15, 0.2) is 54.0 Å². The average Bonchev–Trinajstić information content (AvgIpc) is 3.46. The molecule has 2 N–H and O–H groups in total. The number of benzene rings is 1. The molecular weight excluding hydrogens is 455 g/mol. The van der Waals surface area contributed by atoms with Crippen molar-refractivity contribution < 1.29 is 19.0 Å². The number of carboxylic acid groups (broad SMARTS) is 1. The summed E-state index contributed by atoms with van der Waals surface area (Å²) in [6.07, 6.45) is 2.35. The van der Waals surface area contributed by atoms with E-state index in [-0.39, 0.29) is 17.1 Å². The summed E-state index contributed by atoms with van der Waals surface area (Å²) in [6.45, 7) is 6.32. The van der Waals surface area contributed by atoms with Crippen LogP contribution in [0, 0.1) is 11.7 Å². The largest absolute Gasteiger partial charge is 0.491 e. The van der Waals surface area contributed by atoms with E-state index in [0.717, 1.165) is 16.1 Å². The number of carboxylic acids is 1. The average molecular weight is 481 g/mol. The van der Waals surface area contributed by atoms with Crippen LogP contribution in [0.1, 0.15) is 36.8 Å². The first kappa shape index (κ1) is 23.4. The van der Waals surface area contributed by atoms with Crippen LogP contribution in [0.2, 0.25) is 0 Å². The van der Waals surface area contributed by atoms with E-state index in [1.165, 1.54) is 17.4 Å². The van der Waals surface area contributed by atoms with Gasteiger partial charge in [0.15, 0.2) is 17.4 Å². The Labute approximate surface area is 200 Å². The van der Waals surface area contributed by atoms with E-state index in [4.69, 9.17) is 4.74 Å². The highest BCUT2D eigenvalue weighted by Crippen LogP contribution is 2.29. The number of pyridine rings is 1. The molecule has 1 aromatic carbocycles. The highest BCUT2D eigenvalue weighted by molar-refractivity contribution is 7.13. The number of anilines is 2. The van der Waals surface area contributed by atoms with Gasteiger partial charge >= 0.3 is 5.97 Å². The Morgan fingerprint density at radius 1 is 1.26 bits per heavy atom. The second kappa shape index (κ2) is 10.0. The molecule has 0 spiro atoms. The van der Waals surface area contributed by atoms with E-state index in [2.05, 4.69) is 29.2 Å². The summed E-state index contributed by atoms with van der Waals surface area (Å²) in [4.78, 5) is 17.3. The summed E-state index contributed by atoms with van der Waals surface area (Å²) in [5.74, 6) is -0.398. The first-order valence-corrected chi connectivity index (χ1v) is 11.8. The normalized spacial score (nSPS) is 11.1. The summed E-state index contributed by atoms with van der Waals surface area (Å²) >= 11 is 1.51. The number of hydrogen-bond donors (Lipinski definition) is 2. The van der Waals surface area contributed by atoms with Gasteiger partial charge in [-0.25, -0.2) is 18.9 Å². The molecule has 3 aromatic heterocycles. The molecule has 34 heavy (non-hydrogen) atoms. The Bertz CT molecular complexity index is 1300. The number of halogens is 1. The zero-order chi connectivity index (χ0) is 24.2. The quantitative estimate of drug-likeness (QED) is 0.298. The first-order chi connectivity index (χ1) is 16.4. The van der Waals surface area contributed by atoms with Crippen LogP contribution in [0.5, 0.6) is 5.75 Å². The highest BCUT2D eigenvalue weighted by Gasteiger charge is 2.18. The fraction of sp³-hybridized carbons (Fsp3) is 0.240. The third-order valence-electron chi connectivity index (χ3n) is 5.03. The Balaban J connectivity index is 1.71. The van der Waals surface area contributed by atoms with E-state index < -0.39 is 11.8 Å². The lowest BCUT2D eigenvalue weighted by atomic mass is 10.1. The molecule has 7 nitrogen and oxygen atoms in total. The summed E-state index contributed by atoms with van der Waals surface area (Å²) in [5, 5.41) is 19.4. The van der Waals surface area contributed by atoms with Crippen LogP contribution in [0.4, 0.5) is 16.0 Å². The van der Waals surface area contributed by atoms with Crippen molar-refractivity contribution in [3.8, 4) is 21.9 Å². The minimum Gasteiger partial charge on any atom is -0.491 e. The van der Waals surface area contributed by atoms with E-state index in [1.54, 1.807) is 36.0 Å².